The molecule has 1 rings (SSSR count). The smallest absolute Gasteiger partial charge is 0.239 e. The van der Waals surface area contributed by atoms with Crippen LogP contribution in [0.25, 0.3) is 0 Å². The van der Waals surface area contributed by atoms with Gasteiger partial charge in [0.1, 0.15) is 6.04 Å². The lowest BCUT2D eigenvalue weighted by Gasteiger charge is -2.28. The zero-order valence-electron chi connectivity index (χ0n) is 10.7. The van der Waals surface area contributed by atoms with Gasteiger partial charge in [-0.05, 0) is 44.7 Å². The maximum atomic E-state index is 11.7. The van der Waals surface area contributed by atoms with Gasteiger partial charge in [0.15, 0.2) is 0 Å². The van der Waals surface area contributed by atoms with Gasteiger partial charge in [-0.2, -0.15) is 0 Å². The number of hydrogen-bond donors (Lipinski definition) is 3. The third kappa shape index (κ3) is 4.73. The first-order chi connectivity index (χ1) is 8.00. The predicted molar refractivity (Wildman–Crippen MR) is 66.2 cm³/mol. The summed E-state index contributed by atoms with van der Waals surface area (Å²) in [4.78, 5) is 22.5. The Labute approximate surface area is 103 Å². The highest BCUT2D eigenvalue weighted by Gasteiger charge is 2.23. The number of primary amides is 1. The first kappa shape index (κ1) is 14.0. The topological polar surface area (TPSA) is 84.2 Å². The van der Waals surface area contributed by atoms with Crippen LogP contribution < -0.4 is 16.4 Å². The van der Waals surface area contributed by atoms with E-state index in [0.29, 0.717) is 18.3 Å². The molecular weight excluding hydrogens is 218 g/mol. The summed E-state index contributed by atoms with van der Waals surface area (Å²) in [5.74, 6) is 0.306. The fraction of sp³-hybridized carbons (Fsp3) is 0.833. The van der Waals surface area contributed by atoms with Crippen molar-refractivity contribution < 1.29 is 9.59 Å². The lowest BCUT2D eigenvalue weighted by atomic mass is 9.85. The Kier molecular flexibility index (Phi) is 5.41. The van der Waals surface area contributed by atoms with E-state index in [1.54, 1.807) is 6.92 Å². The molecule has 1 saturated heterocycles. The van der Waals surface area contributed by atoms with Gasteiger partial charge in [0.05, 0.1) is 0 Å². The average molecular weight is 241 g/mol. The second-order valence-electron chi connectivity index (χ2n) is 4.98. The van der Waals surface area contributed by atoms with Gasteiger partial charge in [0.2, 0.25) is 11.8 Å². The fourth-order valence-corrected chi connectivity index (χ4v) is 2.20. The Morgan fingerprint density at radius 1 is 1.47 bits per heavy atom. The van der Waals surface area contributed by atoms with Gasteiger partial charge in [0.25, 0.3) is 0 Å². The Morgan fingerprint density at radius 2 is 2.18 bits per heavy atom. The molecule has 3 atom stereocenters. The summed E-state index contributed by atoms with van der Waals surface area (Å²) >= 11 is 0. The molecule has 0 saturated carbocycles. The van der Waals surface area contributed by atoms with Crippen LogP contribution in [0.5, 0.6) is 0 Å². The maximum absolute atomic E-state index is 11.7. The Morgan fingerprint density at radius 3 is 2.71 bits per heavy atom. The molecule has 98 valence electrons. The Balaban J connectivity index is 2.31. The molecule has 0 radical (unpaired) electrons. The first-order valence-electron chi connectivity index (χ1n) is 6.30. The fourth-order valence-electron chi connectivity index (χ4n) is 2.20. The average Bonchev–Trinajstić information content (AvgIpc) is 2.29. The van der Waals surface area contributed by atoms with Gasteiger partial charge < -0.3 is 16.4 Å². The van der Waals surface area contributed by atoms with Crippen LogP contribution in [0.1, 0.15) is 33.1 Å². The van der Waals surface area contributed by atoms with Gasteiger partial charge in [0, 0.05) is 6.42 Å². The highest BCUT2D eigenvalue weighted by molar-refractivity contribution is 5.86. The molecule has 0 aromatic rings. The summed E-state index contributed by atoms with van der Waals surface area (Å²) in [6.45, 7) is 5.76. The van der Waals surface area contributed by atoms with Crippen molar-refractivity contribution in [1.82, 2.24) is 10.6 Å². The van der Waals surface area contributed by atoms with E-state index in [9.17, 15) is 9.59 Å². The zero-order chi connectivity index (χ0) is 12.8. The minimum absolute atomic E-state index is 0.0885. The highest BCUT2D eigenvalue weighted by Crippen LogP contribution is 2.22. The van der Waals surface area contributed by atoms with Crippen LogP contribution in [-0.4, -0.2) is 30.9 Å². The monoisotopic (exact) mass is 241 g/mol. The second kappa shape index (κ2) is 6.59. The lowest BCUT2D eigenvalue weighted by Crippen LogP contribution is -2.43. The van der Waals surface area contributed by atoms with E-state index >= 15 is 0 Å². The summed E-state index contributed by atoms with van der Waals surface area (Å²) < 4.78 is 0. The summed E-state index contributed by atoms with van der Waals surface area (Å²) in [6, 6.07) is -0.584. The van der Waals surface area contributed by atoms with Crippen LogP contribution in [0.4, 0.5) is 0 Å². The van der Waals surface area contributed by atoms with Crippen molar-refractivity contribution in [3.63, 3.8) is 0 Å². The van der Waals surface area contributed by atoms with E-state index in [4.69, 9.17) is 5.73 Å². The summed E-state index contributed by atoms with van der Waals surface area (Å²) in [6.07, 6.45) is 2.81. The number of carbonyl (C=O) groups is 2. The quantitative estimate of drug-likeness (QED) is 0.633. The molecule has 0 aromatic carbocycles. The van der Waals surface area contributed by atoms with Crippen molar-refractivity contribution in [3.05, 3.63) is 0 Å². The van der Waals surface area contributed by atoms with Crippen LogP contribution in [0.2, 0.25) is 0 Å². The van der Waals surface area contributed by atoms with Crippen LogP contribution in [0.3, 0.4) is 0 Å². The number of piperidine rings is 1. The molecule has 5 nitrogen and oxygen atoms in total. The van der Waals surface area contributed by atoms with Crippen LogP contribution in [0, 0.1) is 11.8 Å². The minimum Gasteiger partial charge on any atom is -0.368 e. The summed E-state index contributed by atoms with van der Waals surface area (Å²) in [5.41, 5.74) is 5.09. The maximum Gasteiger partial charge on any atom is 0.239 e. The molecule has 2 amide bonds. The largest absolute Gasteiger partial charge is 0.368 e. The van der Waals surface area contributed by atoms with Crippen LogP contribution >= 0.6 is 0 Å². The number of carbonyl (C=O) groups excluding carboxylic acids is 2. The van der Waals surface area contributed by atoms with E-state index in [-0.39, 0.29) is 5.91 Å². The molecule has 1 aliphatic rings. The third-order valence-electron chi connectivity index (χ3n) is 3.45. The number of nitrogens with two attached hydrogens (primary N) is 1. The van der Waals surface area contributed by atoms with Gasteiger partial charge in [-0.1, -0.05) is 6.92 Å². The van der Waals surface area contributed by atoms with Crippen molar-refractivity contribution >= 4 is 11.8 Å². The molecule has 2 unspecified atom stereocenters. The van der Waals surface area contributed by atoms with E-state index in [1.165, 1.54) is 12.8 Å². The van der Waals surface area contributed by atoms with E-state index in [2.05, 4.69) is 17.6 Å². The number of rotatable bonds is 5. The third-order valence-corrected chi connectivity index (χ3v) is 3.45. The van der Waals surface area contributed by atoms with E-state index in [0.717, 1.165) is 13.1 Å². The SMILES string of the molecule is CC(CC(=O)N[C@@H](C)C(N)=O)C1CCCNC1. The van der Waals surface area contributed by atoms with Gasteiger partial charge in [-0.25, -0.2) is 0 Å². The zero-order valence-corrected chi connectivity index (χ0v) is 10.7. The van der Waals surface area contributed by atoms with Gasteiger partial charge in [-0.15, -0.1) is 0 Å². The van der Waals surface area contributed by atoms with Crippen LogP contribution in [-0.2, 0) is 9.59 Å². The summed E-state index contributed by atoms with van der Waals surface area (Å²) in [5, 5.41) is 5.96. The van der Waals surface area contributed by atoms with Crippen molar-refractivity contribution in [2.24, 2.45) is 17.6 Å². The van der Waals surface area contributed by atoms with Gasteiger partial charge >= 0.3 is 0 Å². The van der Waals surface area contributed by atoms with Crippen LogP contribution in [0.15, 0.2) is 0 Å². The molecule has 0 spiro atoms. The van der Waals surface area contributed by atoms with Crippen molar-refractivity contribution in [3.8, 4) is 0 Å². The Bertz CT molecular complexity index is 275. The van der Waals surface area contributed by atoms with E-state index in [1.807, 2.05) is 0 Å². The molecule has 17 heavy (non-hydrogen) atoms. The van der Waals surface area contributed by atoms with Gasteiger partial charge in [-0.3, -0.25) is 9.59 Å². The molecule has 1 aliphatic heterocycles. The van der Waals surface area contributed by atoms with Crippen molar-refractivity contribution in [1.29, 1.82) is 0 Å². The molecule has 4 N–H and O–H groups in total. The second-order valence-corrected chi connectivity index (χ2v) is 4.98. The molecule has 1 heterocycles. The molecule has 0 aromatic heterocycles. The minimum atomic E-state index is -0.584. The van der Waals surface area contributed by atoms with Crippen molar-refractivity contribution in [2.75, 3.05) is 13.1 Å². The summed E-state index contributed by atoms with van der Waals surface area (Å²) in [7, 11) is 0. The Hall–Kier alpha value is -1.10. The molecular formula is C12H23N3O2. The lowest BCUT2D eigenvalue weighted by molar-refractivity contribution is -0.127. The standard InChI is InChI=1S/C12H23N3O2/c1-8(10-4-3-5-14-7-10)6-11(16)15-9(2)12(13)17/h8-10,14H,3-7H2,1-2H3,(H2,13,17)(H,15,16)/t8?,9-,10?/m0/s1. The first-order valence-corrected chi connectivity index (χ1v) is 6.30. The number of amides is 2. The molecule has 0 bridgehead atoms. The normalized spacial score (nSPS) is 23.8. The highest BCUT2D eigenvalue weighted by atomic mass is 16.2. The van der Waals surface area contributed by atoms with E-state index < -0.39 is 11.9 Å². The number of hydrogen-bond acceptors (Lipinski definition) is 3. The number of nitrogens with one attached hydrogen (secondary N) is 2. The predicted octanol–water partition coefficient (Wildman–Crippen LogP) is 0.00220. The molecule has 1 fully saturated rings. The molecule has 5 heteroatoms. The van der Waals surface area contributed by atoms with Crippen molar-refractivity contribution in [2.45, 2.75) is 39.2 Å². The molecule has 0 aliphatic carbocycles.